The van der Waals surface area contributed by atoms with Crippen LogP contribution in [0.2, 0.25) is 0 Å². The van der Waals surface area contributed by atoms with E-state index in [4.69, 9.17) is 4.98 Å². The Morgan fingerprint density at radius 2 is 1.65 bits per heavy atom. The summed E-state index contributed by atoms with van der Waals surface area (Å²) in [6.45, 7) is 12.5. The van der Waals surface area contributed by atoms with E-state index in [9.17, 15) is 4.79 Å². The molecule has 0 radical (unpaired) electrons. The van der Waals surface area contributed by atoms with Crippen LogP contribution in [0.5, 0.6) is 0 Å². The number of hydrogen-bond donors (Lipinski definition) is 0. The fraction of sp³-hybridized carbons (Fsp3) is 0.394. The molecule has 4 nitrogen and oxygen atoms in total. The van der Waals surface area contributed by atoms with E-state index < -0.39 is 5.54 Å². The Morgan fingerprint density at radius 3 is 2.38 bits per heavy atom. The first-order valence-corrected chi connectivity index (χ1v) is 13.7. The molecule has 1 amide bonds. The van der Waals surface area contributed by atoms with Crippen LogP contribution in [-0.2, 0) is 12.1 Å². The Balaban J connectivity index is 1.46. The number of benzene rings is 3. The molecule has 0 spiro atoms. The van der Waals surface area contributed by atoms with Gasteiger partial charge in [0.1, 0.15) is 5.82 Å². The van der Waals surface area contributed by atoms with Crippen LogP contribution in [-0.4, -0.2) is 26.9 Å². The molecule has 6 rings (SSSR count). The molecular weight excluding hydrogens is 454 g/mol. The molecule has 3 aromatic carbocycles. The molecule has 2 fully saturated rings. The zero-order valence-electron chi connectivity index (χ0n) is 22.8. The van der Waals surface area contributed by atoms with E-state index in [1.807, 2.05) is 0 Å². The van der Waals surface area contributed by atoms with Gasteiger partial charge in [0, 0.05) is 18.7 Å². The summed E-state index contributed by atoms with van der Waals surface area (Å²) in [6, 6.07) is 19.3. The lowest BCUT2D eigenvalue weighted by Gasteiger charge is -2.36. The largest absolute Gasteiger partial charge is 0.326 e. The molecule has 1 unspecified atom stereocenters. The standard InChI is InChI=1S/C33H37N3O/c1-21-7-12-26(13-8-21)27-14-9-22(2)17-28(27)31(37)36-16-6-15-33(36,5)32-34-29-18-23(3)24(4)19-30(29)35(32)20-25-10-11-25/h7-9,12-14,17-19,25H,6,10-11,15-16,20H2,1-5H3. The molecule has 1 aliphatic carbocycles. The van der Waals surface area contributed by atoms with E-state index in [1.54, 1.807) is 0 Å². The molecule has 1 saturated heterocycles. The summed E-state index contributed by atoms with van der Waals surface area (Å²) in [5, 5.41) is 0. The van der Waals surface area contributed by atoms with Gasteiger partial charge in [0.25, 0.3) is 5.91 Å². The second kappa shape index (κ2) is 8.86. The number of carbonyl (C=O) groups excluding carboxylic acids is 1. The minimum absolute atomic E-state index is 0.108. The third-order valence-corrected chi connectivity index (χ3v) is 8.64. The van der Waals surface area contributed by atoms with Gasteiger partial charge < -0.3 is 9.47 Å². The van der Waals surface area contributed by atoms with E-state index in [0.717, 1.165) is 65.4 Å². The minimum Gasteiger partial charge on any atom is -0.326 e. The summed E-state index contributed by atoms with van der Waals surface area (Å²) in [5.74, 6) is 1.88. The van der Waals surface area contributed by atoms with Crippen LogP contribution in [0.25, 0.3) is 22.2 Å². The molecule has 2 heterocycles. The highest BCUT2D eigenvalue weighted by Gasteiger charge is 2.45. The van der Waals surface area contributed by atoms with E-state index in [2.05, 4.69) is 98.7 Å². The molecule has 1 aromatic heterocycles. The lowest BCUT2D eigenvalue weighted by molar-refractivity contribution is 0.0598. The molecule has 1 saturated carbocycles. The second-order valence-corrected chi connectivity index (χ2v) is 11.7. The normalized spacial score (nSPS) is 19.6. The van der Waals surface area contributed by atoms with Crippen LogP contribution in [0.3, 0.4) is 0 Å². The molecule has 0 bridgehead atoms. The van der Waals surface area contributed by atoms with Crippen molar-refractivity contribution in [2.45, 2.75) is 72.4 Å². The number of imidazole rings is 1. The molecule has 4 heteroatoms. The number of aromatic nitrogens is 2. The summed E-state index contributed by atoms with van der Waals surface area (Å²) in [5.41, 5.74) is 9.57. The van der Waals surface area contributed by atoms with Crippen molar-refractivity contribution in [3.8, 4) is 11.1 Å². The Hall–Kier alpha value is -3.40. The zero-order valence-corrected chi connectivity index (χ0v) is 22.8. The lowest BCUT2D eigenvalue weighted by atomic mass is 9.93. The second-order valence-electron chi connectivity index (χ2n) is 11.7. The molecular formula is C33H37N3O. The predicted octanol–water partition coefficient (Wildman–Crippen LogP) is 7.50. The molecule has 190 valence electrons. The fourth-order valence-electron chi connectivity index (χ4n) is 6.02. The number of fused-ring (bicyclic) bond motifs is 1. The van der Waals surface area contributed by atoms with Crippen LogP contribution in [0.4, 0.5) is 0 Å². The highest BCUT2D eigenvalue weighted by atomic mass is 16.2. The van der Waals surface area contributed by atoms with Crippen molar-refractivity contribution in [3.05, 3.63) is 88.2 Å². The SMILES string of the molecule is Cc1ccc(-c2ccc(C)cc2C(=O)N2CCCC2(C)c2nc3cc(C)c(C)cc3n2CC2CC2)cc1. The fourth-order valence-corrected chi connectivity index (χ4v) is 6.02. The number of hydrogen-bond acceptors (Lipinski definition) is 2. The van der Waals surface area contributed by atoms with Gasteiger partial charge >= 0.3 is 0 Å². The summed E-state index contributed by atoms with van der Waals surface area (Å²) in [7, 11) is 0. The number of amides is 1. The number of rotatable bonds is 5. The minimum atomic E-state index is -0.443. The third kappa shape index (κ3) is 4.17. The quantitative estimate of drug-likeness (QED) is 0.290. The van der Waals surface area contributed by atoms with Gasteiger partial charge in [-0.2, -0.15) is 0 Å². The summed E-state index contributed by atoms with van der Waals surface area (Å²) in [4.78, 5) is 21.8. The molecule has 1 atom stereocenters. The maximum absolute atomic E-state index is 14.4. The Labute approximate surface area is 220 Å². The van der Waals surface area contributed by atoms with E-state index >= 15 is 0 Å². The van der Waals surface area contributed by atoms with E-state index in [1.165, 1.54) is 35.0 Å². The zero-order chi connectivity index (χ0) is 25.9. The third-order valence-electron chi connectivity index (χ3n) is 8.64. The van der Waals surface area contributed by atoms with Gasteiger partial charge in [-0.25, -0.2) is 4.98 Å². The van der Waals surface area contributed by atoms with Crippen molar-refractivity contribution in [3.63, 3.8) is 0 Å². The van der Waals surface area contributed by atoms with Crippen molar-refractivity contribution < 1.29 is 4.79 Å². The summed E-state index contributed by atoms with van der Waals surface area (Å²) in [6.07, 6.45) is 4.48. The Kier molecular flexibility index (Phi) is 5.74. The average Bonchev–Trinajstić information content (AvgIpc) is 3.52. The van der Waals surface area contributed by atoms with Crippen molar-refractivity contribution >= 4 is 16.9 Å². The van der Waals surface area contributed by atoms with E-state index in [-0.39, 0.29) is 5.91 Å². The maximum atomic E-state index is 14.4. The van der Waals surface area contributed by atoms with Crippen LogP contribution in [0.1, 0.15) is 71.0 Å². The molecule has 1 aliphatic heterocycles. The van der Waals surface area contributed by atoms with Gasteiger partial charge in [-0.1, -0.05) is 47.5 Å². The molecule has 2 aliphatic rings. The van der Waals surface area contributed by atoms with Crippen LogP contribution in [0, 0.1) is 33.6 Å². The number of likely N-dealkylation sites (tertiary alicyclic amines) is 1. The molecule has 37 heavy (non-hydrogen) atoms. The van der Waals surface area contributed by atoms with Gasteiger partial charge in [0.2, 0.25) is 0 Å². The maximum Gasteiger partial charge on any atom is 0.255 e. The Morgan fingerprint density at radius 1 is 0.946 bits per heavy atom. The highest BCUT2D eigenvalue weighted by Crippen LogP contribution is 2.43. The van der Waals surface area contributed by atoms with Gasteiger partial charge in [-0.05, 0) is 107 Å². The number of carbonyl (C=O) groups is 1. The Bertz CT molecular complexity index is 1510. The molecule has 4 aromatic rings. The van der Waals surface area contributed by atoms with Crippen molar-refractivity contribution in [2.24, 2.45) is 5.92 Å². The first kappa shape index (κ1) is 24.0. The van der Waals surface area contributed by atoms with Crippen molar-refractivity contribution in [2.75, 3.05) is 6.54 Å². The first-order chi connectivity index (χ1) is 17.7. The predicted molar refractivity (Wildman–Crippen MR) is 151 cm³/mol. The topological polar surface area (TPSA) is 38.1 Å². The lowest BCUT2D eigenvalue weighted by Crippen LogP contribution is -2.45. The van der Waals surface area contributed by atoms with Crippen LogP contribution < -0.4 is 0 Å². The summed E-state index contributed by atoms with van der Waals surface area (Å²) >= 11 is 0. The number of nitrogens with zero attached hydrogens (tertiary/aromatic N) is 3. The highest BCUT2D eigenvalue weighted by molar-refractivity contribution is 6.01. The first-order valence-electron chi connectivity index (χ1n) is 13.7. The smallest absolute Gasteiger partial charge is 0.255 e. The number of aryl methyl sites for hydroxylation is 4. The van der Waals surface area contributed by atoms with E-state index in [0.29, 0.717) is 0 Å². The van der Waals surface area contributed by atoms with Crippen molar-refractivity contribution in [1.82, 2.24) is 14.5 Å². The van der Waals surface area contributed by atoms with Gasteiger partial charge in [-0.15, -0.1) is 0 Å². The van der Waals surface area contributed by atoms with Gasteiger partial charge in [0.15, 0.2) is 0 Å². The summed E-state index contributed by atoms with van der Waals surface area (Å²) < 4.78 is 2.45. The van der Waals surface area contributed by atoms with Crippen molar-refractivity contribution in [1.29, 1.82) is 0 Å². The average molecular weight is 492 g/mol. The molecule has 0 N–H and O–H groups in total. The van der Waals surface area contributed by atoms with Crippen LogP contribution in [0.15, 0.2) is 54.6 Å². The van der Waals surface area contributed by atoms with Gasteiger partial charge in [0.05, 0.1) is 16.6 Å². The van der Waals surface area contributed by atoms with Gasteiger partial charge in [-0.3, -0.25) is 4.79 Å². The monoisotopic (exact) mass is 491 g/mol. The van der Waals surface area contributed by atoms with Crippen LogP contribution >= 0.6 is 0 Å².